The van der Waals surface area contributed by atoms with Crippen molar-refractivity contribution in [3.05, 3.63) is 27.1 Å². The number of nitrogens with zero attached hydrogens (tertiary/aromatic N) is 1. The van der Waals surface area contributed by atoms with Crippen molar-refractivity contribution in [1.29, 1.82) is 0 Å². The summed E-state index contributed by atoms with van der Waals surface area (Å²) in [5.41, 5.74) is 6.79. The second kappa shape index (κ2) is 8.88. The van der Waals surface area contributed by atoms with E-state index in [9.17, 15) is 4.79 Å². The molecule has 0 fully saturated rings. The Morgan fingerprint density at radius 2 is 2.05 bits per heavy atom. The van der Waals surface area contributed by atoms with Crippen LogP contribution >= 0.6 is 31.9 Å². The number of nitrogens with two attached hydrogens (primary N) is 1. The molecule has 1 aromatic rings. The Labute approximate surface area is 143 Å². The minimum absolute atomic E-state index is 0.0290. The first kappa shape index (κ1) is 18.6. The third-order valence-corrected chi connectivity index (χ3v) is 4.47. The zero-order valence-electron chi connectivity index (χ0n) is 12.7. The van der Waals surface area contributed by atoms with E-state index in [2.05, 4.69) is 51.0 Å². The highest BCUT2D eigenvalue weighted by Crippen LogP contribution is 2.26. The van der Waals surface area contributed by atoms with E-state index in [0.717, 1.165) is 27.6 Å². The van der Waals surface area contributed by atoms with Gasteiger partial charge in [0.1, 0.15) is 0 Å². The molecule has 0 aliphatic rings. The van der Waals surface area contributed by atoms with Crippen LogP contribution in [0.2, 0.25) is 0 Å². The van der Waals surface area contributed by atoms with E-state index in [0.29, 0.717) is 12.5 Å². The van der Waals surface area contributed by atoms with Crippen LogP contribution in [-0.4, -0.2) is 37.0 Å². The molecule has 118 valence electrons. The van der Waals surface area contributed by atoms with Crippen molar-refractivity contribution in [2.75, 3.05) is 25.5 Å². The zero-order valence-corrected chi connectivity index (χ0v) is 15.9. The number of hydrogen-bond acceptors (Lipinski definition) is 3. The number of likely N-dealkylation sites (N-methyl/N-ethyl adjacent to an activating group) is 1. The fourth-order valence-electron chi connectivity index (χ4n) is 1.81. The maximum Gasteiger partial charge on any atom is 0.238 e. The Bertz CT molecular complexity index is 480. The number of benzene rings is 1. The quantitative estimate of drug-likeness (QED) is 0.710. The van der Waals surface area contributed by atoms with Crippen molar-refractivity contribution in [2.45, 2.75) is 26.3 Å². The van der Waals surface area contributed by atoms with E-state index in [4.69, 9.17) is 5.73 Å². The first-order valence-electron chi connectivity index (χ1n) is 6.98. The average Bonchev–Trinajstić information content (AvgIpc) is 2.39. The van der Waals surface area contributed by atoms with Gasteiger partial charge in [-0.05, 0) is 60.1 Å². The lowest BCUT2D eigenvalue weighted by Gasteiger charge is -2.21. The van der Waals surface area contributed by atoms with E-state index in [1.165, 1.54) is 0 Å². The summed E-state index contributed by atoms with van der Waals surface area (Å²) >= 11 is 6.82. The molecule has 21 heavy (non-hydrogen) atoms. The first-order chi connectivity index (χ1) is 9.79. The van der Waals surface area contributed by atoms with Crippen molar-refractivity contribution >= 4 is 43.5 Å². The van der Waals surface area contributed by atoms with Gasteiger partial charge in [-0.3, -0.25) is 9.69 Å². The fraction of sp³-hybridized carbons (Fsp3) is 0.533. The molecule has 0 radical (unpaired) electrons. The molecule has 4 nitrogen and oxygen atoms in total. The maximum absolute atomic E-state index is 12.0. The highest BCUT2D eigenvalue weighted by Gasteiger charge is 2.12. The molecule has 0 saturated heterocycles. The van der Waals surface area contributed by atoms with Gasteiger partial charge in [-0.2, -0.15) is 0 Å². The summed E-state index contributed by atoms with van der Waals surface area (Å²) in [4.78, 5) is 14.0. The molecule has 1 rings (SSSR count). The van der Waals surface area contributed by atoms with Gasteiger partial charge in [-0.25, -0.2) is 0 Å². The molecular formula is C15H23Br2N3O. The van der Waals surface area contributed by atoms with Crippen LogP contribution in [0, 0.1) is 5.92 Å². The van der Waals surface area contributed by atoms with E-state index in [-0.39, 0.29) is 11.9 Å². The SMILES string of the molecule is CC(C)C(N)CCN(C)CC(=O)Nc1ccc(Br)cc1Br. The summed E-state index contributed by atoms with van der Waals surface area (Å²) < 4.78 is 1.82. The zero-order chi connectivity index (χ0) is 16.0. The second-order valence-corrected chi connectivity index (χ2v) is 7.38. The van der Waals surface area contributed by atoms with Crippen molar-refractivity contribution in [1.82, 2.24) is 4.90 Å². The Hall–Kier alpha value is -0.430. The third-order valence-electron chi connectivity index (χ3n) is 3.32. The monoisotopic (exact) mass is 419 g/mol. The van der Waals surface area contributed by atoms with Crippen LogP contribution in [0.25, 0.3) is 0 Å². The number of carbonyl (C=O) groups excluding carboxylic acids is 1. The van der Waals surface area contributed by atoms with Gasteiger partial charge in [0.05, 0.1) is 12.2 Å². The van der Waals surface area contributed by atoms with Gasteiger partial charge < -0.3 is 11.1 Å². The minimum Gasteiger partial charge on any atom is -0.327 e. The fourth-order valence-corrected chi connectivity index (χ4v) is 2.95. The predicted molar refractivity (Wildman–Crippen MR) is 95.4 cm³/mol. The summed E-state index contributed by atoms with van der Waals surface area (Å²) in [5.74, 6) is 0.435. The molecule has 0 spiro atoms. The van der Waals surface area contributed by atoms with Crippen LogP contribution in [0.3, 0.4) is 0 Å². The standard InChI is InChI=1S/C15H23Br2N3O/c1-10(2)13(18)6-7-20(3)9-15(21)19-14-5-4-11(16)8-12(14)17/h4-5,8,10,13H,6-7,9,18H2,1-3H3,(H,19,21). The Balaban J connectivity index is 2.42. The lowest BCUT2D eigenvalue weighted by atomic mass is 10.0. The Kier molecular flexibility index (Phi) is 7.87. The summed E-state index contributed by atoms with van der Waals surface area (Å²) in [6.07, 6.45) is 0.892. The second-order valence-electron chi connectivity index (χ2n) is 5.61. The molecule has 1 atom stereocenters. The highest BCUT2D eigenvalue weighted by molar-refractivity contribution is 9.11. The molecule has 0 aromatic heterocycles. The van der Waals surface area contributed by atoms with Crippen LogP contribution in [-0.2, 0) is 4.79 Å². The van der Waals surface area contributed by atoms with E-state index in [1.807, 2.05) is 30.1 Å². The first-order valence-corrected chi connectivity index (χ1v) is 8.57. The highest BCUT2D eigenvalue weighted by atomic mass is 79.9. The van der Waals surface area contributed by atoms with Gasteiger partial charge in [0, 0.05) is 15.0 Å². The van der Waals surface area contributed by atoms with Gasteiger partial charge in [0.25, 0.3) is 0 Å². The lowest BCUT2D eigenvalue weighted by molar-refractivity contribution is -0.117. The van der Waals surface area contributed by atoms with Gasteiger partial charge in [-0.1, -0.05) is 29.8 Å². The topological polar surface area (TPSA) is 58.4 Å². The molecule has 0 aliphatic heterocycles. The molecule has 0 bridgehead atoms. The molecule has 0 heterocycles. The Morgan fingerprint density at radius 3 is 2.62 bits per heavy atom. The number of anilines is 1. The van der Waals surface area contributed by atoms with Crippen molar-refractivity contribution < 1.29 is 4.79 Å². The van der Waals surface area contributed by atoms with Crippen molar-refractivity contribution in [3.8, 4) is 0 Å². The van der Waals surface area contributed by atoms with Crippen LogP contribution in [0.15, 0.2) is 27.1 Å². The molecule has 1 amide bonds. The van der Waals surface area contributed by atoms with E-state index < -0.39 is 0 Å². The number of carbonyl (C=O) groups is 1. The van der Waals surface area contributed by atoms with Crippen LogP contribution in [0.5, 0.6) is 0 Å². The third kappa shape index (κ3) is 6.91. The van der Waals surface area contributed by atoms with Crippen molar-refractivity contribution in [2.24, 2.45) is 11.7 Å². The Morgan fingerprint density at radius 1 is 1.38 bits per heavy atom. The van der Waals surface area contributed by atoms with Gasteiger partial charge in [-0.15, -0.1) is 0 Å². The number of hydrogen-bond donors (Lipinski definition) is 2. The number of nitrogens with one attached hydrogen (secondary N) is 1. The maximum atomic E-state index is 12.0. The van der Waals surface area contributed by atoms with Crippen LogP contribution in [0.1, 0.15) is 20.3 Å². The molecule has 6 heteroatoms. The molecule has 3 N–H and O–H groups in total. The smallest absolute Gasteiger partial charge is 0.238 e. The summed E-state index contributed by atoms with van der Waals surface area (Å²) in [7, 11) is 1.93. The van der Waals surface area contributed by atoms with Crippen molar-refractivity contribution in [3.63, 3.8) is 0 Å². The van der Waals surface area contributed by atoms with Gasteiger partial charge >= 0.3 is 0 Å². The normalized spacial score (nSPS) is 12.8. The molecule has 0 saturated carbocycles. The van der Waals surface area contributed by atoms with Crippen LogP contribution < -0.4 is 11.1 Å². The van der Waals surface area contributed by atoms with E-state index >= 15 is 0 Å². The summed E-state index contributed by atoms with van der Waals surface area (Å²) in [6, 6.07) is 5.84. The molecular weight excluding hydrogens is 398 g/mol. The number of amides is 1. The number of rotatable bonds is 7. The summed E-state index contributed by atoms with van der Waals surface area (Å²) in [6.45, 7) is 5.40. The van der Waals surface area contributed by atoms with Gasteiger partial charge in [0.2, 0.25) is 5.91 Å². The van der Waals surface area contributed by atoms with Crippen LogP contribution in [0.4, 0.5) is 5.69 Å². The summed E-state index contributed by atoms with van der Waals surface area (Å²) in [5, 5.41) is 2.90. The lowest BCUT2D eigenvalue weighted by Crippen LogP contribution is -2.35. The average molecular weight is 421 g/mol. The molecule has 1 unspecified atom stereocenters. The predicted octanol–water partition coefficient (Wildman–Crippen LogP) is 3.46. The minimum atomic E-state index is -0.0290. The van der Waals surface area contributed by atoms with E-state index in [1.54, 1.807) is 0 Å². The largest absolute Gasteiger partial charge is 0.327 e. The molecule has 0 aliphatic carbocycles. The number of halogens is 2. The molecule has 1 aromatic carbocycles. The van der Waals surface area contributed by atoms with Gasteiger partial charge in [0.15, 0.2) is 0 Å².